The predicted molar refractivity (Wildman–Crippen MR) is 94.0 cm³/mol. The van der Waals surface area contributed by atoms with Crippen LogP contribution in [0.4, 0.5) is 0 Å². The molecule has 124 valence electrons. The lowest BCUT2D eigenvalue weighted by atomic mass is 9.85. The van der Waals surface area contributed by atoms with Crippen LogP contribution in [0.2, 0.25) is 0 Å². The number of benzene rings is 1. The van der Waals surface area contributed by atoms with Crippen molar-refractivity contribution in [3.63, 3.8) is 0 Å². The van der Waals surface area contributed by atoms with Gasteiger partial charge in [-0.3, -0.25) is 9.69 Å². The first-order valence-electron chi connectivity index (χ1n) is 8.55. The van der Waals surface area contributed by atoms with Gasteiger partial charge in [-0.2, -0.15) is 0 Å². The zero-order valence-electron chi connectivity index (χ0n) is 14.8. The van der Waals surface area contributed by atoms with Gasteiger partial charge in [-0.05, 0) is 37.4 Å². The fraction of sp³-hybridized carbons (Fsp3) is 0.632. The van der Waals surface area contributed by atoms with E-state index in [2.05, 4.69) is 57.0 Å². The number of hydrogen-bond acceptors (Lipinski definition) is 2. The largest absolute Gasteiger partial charge is 0.355 e. The second-order valence-electron chi connectivity index (χ2n) is 6.34. The predicted octanol–water partition coefficient (Wildman–Crippen LogP) is 3.66. The molecule has 2 unspecified atom stereocenters. The van der Waals surface area contributed by atoms with Gasteiger partial charge in [0.1, 0.15) is 0 Å². The fourth-order valence-electron chi connectivity index (χ4n) is 2.95. The van der Waals surface area contributed by atoms with Crippen LogP contribution in [0.5, 0.6) is 0 Å². The van der Waals surface area contributed by atoms with Crippen LogP contribution in [0.3, 0.4) is 0 Å². The second-order valence-corrected chi connectivity index (χ2v) is 6.34. The molecule has 0 aromatic heterocycles. The third-order valence-electron chi connectivity index (χ3n) is 4.47. The van der Waals surface area contributed by atoms with Crippen molar-refractivity contribution in [1.29, 1.82) is 0 Å². The topological polar surface area (TPSA) is 32.3 Å². The van der Waals surface area contributed by atoms with Gasteiger partial charge in [-0.25, -0.2) is 0 Å². The highest BCUT2D eigenvalue weighted by Crippen LogP contribution is 2.27. The number of amides is 1. The highest BCUT2D eigenvalue weighted by Gasteiger charge is 2.20. The molecule has 0 saturated heterocycles. The SMILES string of the molecule is CCN(CC)C(C)CNC(=O)CC(c1ccccc1)C(C)C. The smallest absolute Gasteiger partial charge is 0.220 e. The Bertz CT molecular complexity index is 426. The summed E-state index contributed by atoms with van der Waals surface area (Å²) in [5.74, 6) is 0.889. The van der Waals surface area contributed by atoms with Crippen molar-refractivity contribution in [3.05, 3.63) is 35.9 Å². The maximum atomic E-state index is 12.3. The average molecular weight is 304 g/mol. The van der Waals surface area contributed by atoms with Gasteiger partial charge in [-0.1, -0.05) is 58.0 Å². The molecular weight excluding hydrogens is 272 g/mol. The monoisotopic (exact) mass is 304 g/mol. The minimum atomic E-state index is 0.154. The van der Waals surface area contributed by atoms with Crippen LogP contribution in [-0.4, -0.2) is 36.5 Å². The van der Waals surface area contributed by atoms with Gasteiger partial charge in [0, 0.05) is 19.0 Å². The van der Waals surface area contributed by atoms with Crippen LogP contribution in [0, 0.1) is 5.92 Å². The molecule has 0 heterocycles. The molecule has 3 nitrogen and oxygen atoms in total. The highest BCUT2D eigenvalue weighted by atomic mass is 16.1. The number of carbonyl (C=O) groups excluding carboxylic acids is 1. The number of rotatable bonds is 9. The van der Waals surface area contributed by atoms with Gasteiger partial charge in [0.25, 0.3) is 0 Å². The zero-order chi connectivity index (χ0) is 16.5. The Hall–Kier alpha value is -1.35. The summed E-state index contributed by atoms with van der Waals surface area (Å²) in [6.07, 6.45) is 0.562. The molecule has 1 N–H and O–H groups in total. The molecule has 0 spiro atoms. The van der Waals surface area contributed by atoms with E-state index in [1.165, 1.54) is 5.56 Å². The van der Waals surface area contributed by atoms with E-state index in [1.807, 2.05) is 18.2 Å². The molecule has 1 aromatic rings. The van der Waals surface area contributed by atoms with Crippen LogP contribution in [-0.2, 0) is 4.79 Å². The summed E-state index contributed by atoms with van der Waals surface area (Å²) in [7, 11) is 0. The maximum Gasteiger partial charge on any atom is 0.220 e. The van der Waals surface area contributed by atoms with Crippen LogP contribution in [0.1, 0.15) is 52.5 Å². The van der Waals surface area contributed by atoms with Crippen LogP contribution >= 0.6 is 0 Å². The summed E-state index contributed by atoms with van der Waals surface area (Å²) in [6.45, 7) is 13.6. The molecule has 1 rings (SSSR count). The van der Waals surface area contributed by atoms with Crippen molar-refractivity contribution in [3.8, 4) is 0 Å². The van der Waals surface area contributed by atoms with Crippen molar-refractivity contribution in [1.82, 2.24) is 10.2 Å². The number of nitrogens with one attached hydrogen (secondary N) is 1. The minimum absolute atomic E-state index is 0.154. The normalized spacial score (nSPS) is 14.1. The van der Waals surface area contributed by atoms with Gasteiger partial charge < -0.3 is 5.32 Å². The van der Waals surface area contributed by atoms with Gasteiger partial charge in [-0.15, -0.1) is 0 Å². The Morgan fingerprint density at radius 3 is 2.18 bits per heavy atom. The molecule has 0 aliphatic heterocycles. The van der Waals surface area contributed by atoms with Gasteiger partial charge >= 0.3 is 0 Å². The standard InChI is InChI=1S/C19H32N2O/c1-6-21(7-2)16(5)14-20-19(22)13-18(15(3)4)17-11-9-8-10-12-17/h8-12,15-16,18H,6-7,13-14H2,1-5H3,(H,20,22). The molecule has 0 radical (unpaired) electrons. The summed E-state index contributed by atoms with van der Waals surface area (Å²) in [4.78, 5) is 14.7. The van der Waals surface area contributed by atoms with Crippen molar-refractivity contribution < 1.29 is 4.79 Å². The average Bonchev–Trinajstić information content (AvgIpc) is 2.52. The zero-order valence-corrected chi connectivity index (χ0v) is 14.8. The van der Waals surface area contributed by atoms with E-state index < -0.39 is 0 Å². The number of nitrogens with zero attached hydrogens (tertiary/aromatic N) is 1. The Morgan fingerprint density at radius 2 is 1.68 bits per heavy atom. The molecule has 0 aliphatic rings. The van der Waals surface area contributed by atoms with Gasteiger partial charge in [0.15, 0.2) is 0 Å². The third-order valence-corrected chi connectivity index (χ3v) is 4.47. The first-order valence-corrected chi connectivity index (χ1v) is 8.55. The number of hydrogen-bond donors (Lipinski definition) is 1. The molecular formula is C19H32N2O. The van der Waals surface area contributed by atoms with Gasteiger partial charge in [0.05, 0.1) is 0 Å². The molecule has 22 heavy (non-hydrogen) atoms. The van der Waals surface area contributed by atoms with Crippen molar-refractivity contribution >= 4 is 5.91 Å². The van der Waals surface area contributed by atoms with E-state index in [0.717, 1.165) is 19.6 Å². The third kappa shape index (κ3) is 5.80. The van der Waals surface area contributed by atoms with Crippen LogP contribution < -0.4 is 5.32 Å². The van der Waals surface area contributed by atoms with E-state index in [4.69, 9.17) is 0 Å². The van der Waals surface area contributed by atoms with Crippen LogP contribution in [0.15, 0.2) is 30.3 Å². The molecule has 0 fully saturated rings. The van der Waals surface area contributed by atoms with Gasteiger partial charge in [0.2, 0.25) is 5.91 Å². The molecule has 2 atom stereocenters. The molecule has 1 amide bonds. The lowest BCUT2D eigenvalue weighted by molar-refractivity contribution is -0.121. The summed E-state index contributed by atoms with van der Waals surface area (Å²) in [5.41, 5.74) is 1.25. The summed E-state index contributed by atoms with van der Waals surface area (Å²) < 4.78 is 0. The quantitative estimate of drug-likeness (QED) is 0.755. The molecule has 0 bridgehead atoms. The second kappa shape index (κ2) is 9.62. The number of likely N-dealkylation sites (N-methyl/N-ethyl adjacent to an activating group) is 1. The Balaban J connectivity index is 2.55. The number of carbonyl (C=O) groups is 1. The fourth-order valence-corrected chi connectivity index (χ4v) is 2.95. The van der Waals surface area contributed by atoms with Crippen molar-refractivity contribution in [2.45, 2.75) is 53.0 Å². The summed E-state index contributed by atoms with van der Waals surface area (Å²) in [6, 6.07) is 10.7. The summed E-state index contributed by atoms with van der Waals surface area (Å²) >= 11 is 0. The highest BCUT2D eigenvalue weighted by molar-refractivity contribution is 5.77. The molecule has 0 saturated carbocycles. The van der Waals surface area contributed by atoms with Crippen molar-refractivity contribution in [2.75, 3.05) is 19.6 Å². The lowest BCUT2D eigenvalue weighted by Crippen LogP contribution is -2.42. The Morgan fingerprint density at radius 1 is 1.09 bits per heavy atom. The van der Waals surface area contributed by atoms with E-state index in [-0.39, 0.29) is 11.8 Å². The van der Waals surface area contributed by atoms with E-state index in [0.29, 0.717) is 18.4 Å². The minimum Gasteiger partial charge on any atom is -0.355 e. The van der Waals surface area contributed by atoms with E-state index in [9.17, 15) is 4.79 Å². The van der Waals surface area contributed by atoms with E-state index >= 15 is 0 Å². The lowest BCUT2D eigenvalue weighted by Gasteiger charge is -2.27. The molecule has 3 heteroatoms. The first-order chi connectivity index (χ1) is 10.5. The first kappa shape index (κ1) is 18.7. The Labute approximate surface area is 136 Å². The van der Waals surface area contributed by atoms with E-state index in [1.54, 1.807) is 0 Å². The molecule has 0 aliphatic carbocycles. The Kier molecular flexibility index (Phi) is 8.18. The molecule has 1 aromatic carbocycles. The van der Waals surface area contributed by atoms with Crippen LogP contribution in [0.25, 0.3) is 0 Å². The summed E-state index contributed by atoms with van der Waals surface area (Å²) in [5, 5.41) is 3.11. The van der Waals surface area contributed by atoms with Crippen molar-refractivity contribution in [2.24, 2.45) is 5.92 Å². The maximum absolute atomic E-state index is 12.3.